The number of rotatable bonds is 3. The highest BCUT2D eigenvalue weighted by Gasteiger charge is 2.19. The predicted molar refractivity (Wildman–Crippen MR) is 70.4 cm³/mol. The summed E-state index contributed by atoms with van der Waals surface area (Å²) in [5.74, 6) is -0.00864. The zero-order valence-electron chi connectivity index (χ0n) is 10.2. The molecule has 96 valence electrons. The molecule has 0 radical (unpaired) electrons. The summed E-state index contributed by atoms with van der Waals surface area (Å²) >= 11 is 0. The fourth-order valence-electron chi connectivity index (χ4n) is 1.80. The molecule has 0 aliphatic carbocycles. The Morgan fingerprint density at radius 1 is 1.37 bits per heavy atom. The van der Waals surface area contributed by atoms with E-state index >= 15 is 0 Å². The van der Waals surface area contributed by atoms with Gasteiger partial charge in [-0.05, 0) is 29.8 Å². The topological polar surface area (TPSA) is 118 Å². The first-order valence-electron chi connectivity index (χ1n) is 5.44. The van der Waals surface area contributed by atoms with Crippen molar-refractivity contribution in [2.24, 2.45) is 5.73 Å². The third-order valence-electron chi connectivity index (χ3n) is 2.78. The number of nitrogens with one attached hydrogen (secondary N) is 1. The van der Waals surface area contributed by atoms with Crippen LogP contribution in [0.2, 0.25) is 0 Å². The summed E-state index contributed by atoms with van der Waals surface area (Å²) in [6.07, 6.45) is 0. The van der Waals surface area contributed by atoms with Crippen molar-refractivity contribution in [3.8, 4) is 23.1 Å². The Morgan fingerprint density at radius 2 is 2.00 bits per heavy atom. The van der Waals surface area contributed by atoms with E-state index in [4.69, 9.17) is 21.5 Å². The summed E-state index contributed by atoms with van der Waals surface area (Å²) in [4.78, 5) is 14.0. The predicted octanol–water partition coefficient (Wildman–Crippen LogP) is 1.24. The van der Waals surface area contributed by atoms with Crippen LogP contribution in [0.1, 0.15) is 16.1 Å². The molecule has 19 heavy (non-hydrogen) atoms. The molecule has 1 heterocycles. The summed E-state index contributed by atoms with van der Waals surface area (Å²) in [6.45, 7) is 0. The van der Waals surface area contributed by atoms with E-state index in [0.717, 1.165) is 5.56 Å². The molecule has 0 aliphatic heterocycles. The number of ether oxygens (including phenoxy) is 1. The van der Waals surface area contributed by atoms with Gasteiger partial charge in [-0.3, -0.25) is 4.79 Å². The minimum atomic E-state index is -0.700. The molecule has 0 aliphatic rings. The van der Waals surface area contributed by atoms with E-state index < -0.39 is 5.91 Å². The number of hydrogen-bond donors (Lipinski definition) is 3. The highest BCUT2D eigenvalue weighted by molar-refractivity contribution is 5.99. The van der Waals surface area contributed by atoms with Crippen LogP contribution in [0.4, 0.5) is 5.69 Å². The number of anilines is 1. The van der Waals surface area contributed by atoms with Crippen LogP contribution in [0, 0.1) is 11.3 Å². The van der Waals surface area contributed by atoms with Gasteiger partial charge in [-0.15, -0.1) is 0 Å². The van der Waals surface area contributed by atoms with Gasteiger partial charge in [0.1, 0.15) is 23.1 Å². The summed E-state index contributed by atoms with van der Waals surface area (Å²) in [5.41, 5.74) is 12.4. The van der Waals surface area contributed by atoms with Gasteiger partial charge in [0, 0.05) is 0 Å². The molecular formula is C13H12N4O2. The molecule has 0 spiro atoms. The van der Waals surface area contributed by atoms with Gasteiger partial charge < -0.3 is 21.2 Å². The summed E-state index contributed by atoms with van der Waals surface area (Å²) in [5, 5.41) is 9.13. The molecule has 6 heteroatoms. The maximum atomic E-state index is 11.2. The molecular weight excluding hydrogens is 244 g/mol. The van der Waals surface area contributed by atoms with E-state index in [0.29, 0.717) is 11.4 Å². The summed E-state index contributed by atoms with van der Waals surface area (Å²) in [7, 11) is 1.56. The first-order chi connectivity index (χ1) is 9.08. The summed E-state index contributed by atoms with van der Waals surface area (Å²) < 4.78 is 5.05. The van der Waals surface area contributed by atoms with Gasteiger partial charge in [0.05, 0.1) is 18.5 Å². The lowest BCUT2D eigenvalue weighted by Gasteiger charge is -2.02. The van der Waals surface area contributed by atoms with Gasteiger partial charge in [0.2, 0.25) is 0 Å². The van der Waals surface area contributed by atoms with Crippen LogP contribution in [0.25, 0.3) is 11.3 Å². The van der Waals surface area contributed by atoms with Gasteiger partial charge in [-0.25, -0.2) is 0 Å². The summed E-state index contributed by atoms with van der Waals surface area (Å²) in [6, 6.07) is 8.99. The molecule has 0 saturated heterocycles. The zero-order valence-corrected chi connectivity index (χ0v) is 10.2. The third kappa shape index (κ3) is 2.09. The Bertz CT molecular complexity index is 665. The van der Waals surface area contributed by atoms with Crippen LogP contribution in [0.3, 0.4) is 0 Å². The molecule has 0 atom stereocenters. The number of methoxy groups -OCH3 is 1. The van der Waals surface area contributed by atoms with Gasteiger partial charge in [0.25, 0.3) is 5.91 Å². The number of aromatic nitrogens is 1. The van der Waals surface area contributed by atoms with Crippen LogP contribution < -0.4 is 16.2 Å². The Morgan fingerprint density at radius 3 is 2.47 bits per heavy atom. The van der Waals surface area contributed by atoms with Crippen molar-refractivity contribution in [1.29, 1.82) is 5.26 Å². The highest BCUT2D eigenvalue weighted by atomic mass is 16.5. The number of nitrogen functional groups attached to an aromatic ring is 1. The number of carbonyl (C=O) groups is 1. The molecule has 0 bridgehead atoms. The number of aromatic amines is 1. The third-order valence-corrected chi connectivity index (χ3v) is 2.78. The van der Waals surface area contributed by atoms with Crippen LogP contribution >= 0.6 is 0 Å². The monoisotopic (exact) mass is 256 g/mol. The molecule has 1 amide bonds. The van der Waals surface area contributed by atoms with E-state index in [-0.39, 0.29) is 16.9 Å². The quantitative estimate of drug-likeness (QED) is 0.765. The van der Waals surface area contributed by atoms with Gasteiger partial charge in [-0.2, -0.15) is 5.26 Å². The van der Waals surface area contributed by atoms with Crippen LogP contribution in [-0.4, -0.2) is 18.0 Å². The van der Waals surface area contributed by atoms with E-state index in [1.807, 2.05) is 6.07 Å². The fourth-order valence-corrected chi connectivity index (χ4v) is 1.80. The SMILES string of the molecule is COc1ccc(-c2[nH]c(C(N)=O)c(N)c2C#N)cc1. The molecule has 0 fully saturated rings. The second kappa shape index (κ2) is 4.74. The van der Waals surface area contributed by atoms with E-state index in [1.54, 1.807) is 31.4 Å². The lowest BCUT2D eigenvalue weighted by atomic mass is 10.1. The first-order valence-corrected chi connectivity index (χ1v) is 5.44. The number of carbonyl (C=O) groups excluding carboxylic acids is 1. The molecule has 2 aromatic rings. The molecule has 2 rings (SSSR count). The van der Waals surface area contributed by atoms with Crippen LogP contribution in [0.5, 0.6) is 5.75 Å². The normalized spacial score (nSPS) is 9.89. The minimum Gasteiger partial charge on any atom is -0.497 e. The maximum Gasteiger partial charge on any atom is 0.267 e. The number of H-pyrrole nitrogens is 1. The molecule has 1 aromatic carbocycles. The van der Waals surface area contributed by atoms with E-state index in [1.165, 1.54) is 0 Å². The molecule has 0 unspecified atom stereocenters. The average molecular weight is 256 g/mol. The van der Waals surface area contributed by atoms with Crippen molar-refractivity contribution in [2.75, 3.05) is 12.8 Å². The van der Waals surface area contributed by atoms with Gasteiger partial charge >= 0.3 is 0 Å². The lowest BCUT2D eigenvalue weighted by molar-refractivity contribution is 0.0997. The number of hydrogen-bond acceptors (Lipinski definition) is 4. The van der Waals surface area contributed by atoms with E-state index in [2.05, 4.69) is 4.98 Å². The zero-order chi connectivity index (χ0) is 14.0. The molecule has 1 aromatic heterocycles. The Hall–Kier alpha value is -2.94. The van der Waals surface area contributed by atoms with Crippen molar-refractivity contribution >= 4 is 11.6 Å². The molecule has 0 saturated carbocycles. The maximum absolute atomic E-state index is 11.2. The number of nitrogens with two attached hydrogens (primary N) is 2. The van der Waals surface area contributed by atoms with Crippen molar-refractivity contribution < 1.29 is 9.53 Å². The second-order valence-corrected chi connectivity index (χ2v) is 3.87. The number of primary amides is 1. The van der Waals surface area contributed by atoms with Crippen molar-refractivity contribution in [1.82, 2.24) is 4.98 Å². The second-order valence-electron chi connectivity index (χ2n) is 3.87. The van der Waals surface area contributed by atoms with Crippen molar-refractivity contribution in [3.63, 3.8) is 0 Å². The molecule has 5 N–H and O–H groups in total. The Balaban J connectivity index is 2.58. The van der Waals surface area contributed by atoms with Crippen molar-refractivity contribution in [3.05, 3.63) is 35.5 Å². The van der Waals surface area contributed by atoms with E-state index in [9.17, 15) is 4.79 Å². The number of nitriles is 1. The number of nitrogens with zero attached hydrogens (tertiary/aromatic N) is 1. The lowest BCUT2D eigenvalue weighted by Crippen LogP contribution is -2.13. The largest absolute Gasteiger partial charge is 0.497 e. The highest BCUT2D eigenvalue weighted by Crippen LogP contribution is 2.30. The number of amides is 1. The van der Waals surface area contributed by atoms with Crippen LogP contribution in [0.15, 0.2) is 24.3 Å². The van der Waals surface area contributed by atoms with Crippen molar-refractivity contribution in [2.45, 2.75) is 0 Å². The average Bonchev–Trinajstić information content (AvgIpc) is 2.76. The minimum absolute atomic E-state index is 0.0439. The standard InChI is InChI=1S/C13H12N4O2/c1-19-8-4-2-7(3-5-8)11-9(6-14)10(15)12(17-11)13(16)18/h2-5,17H,15H2,1H3,(H2,16,18). The molecule has 6 nitrogen and oxygen atoms in total. The van der Waals surface area contributed by atoms with Crippen LogP contribution in [-0.2, 0) is 0 Å². The van der Waals surface area contributed by atoms with Gasteiger partial charge in [-0.1, -0.05) is 0 Å². The first kappa shape index (κ1) is 12.5. The van der Waals surface area contributed by atoms with Gasteiger partial charge in [0.15, 0.2) is 0 Å². The Kier molecular flexibility index (Phi) is 3.12. The smallest absolute Gasteiger partial charge is 0.267 e. The Labute approximate surface area is 109 Å². The number of benzene rings is 1. The fraction of sp³-hybridized carbons (Fsp3) is 0.0769.